The molecule has 0 radical (unpaired) electrons. The predicted molar refractivity (Wildman–Crippen MR) is 448 cm³/mol. The molecule has 3 unspecified atom stereocenters. The Balaban J connectivity index is 0.000000240. The van der Waals surface area contributed by atoms with Crippen molar-refractivity contribution in [2.45, 2.75) is 147 Å². The molecular weight excluding hydrogens is 1820 g/mol. The third kappa shape index (κ3) is 27.5. The van der Waals surface area contributed by atoms with Gasteiger partial charge in [0.2, 0.25) is 17.6 Å². The standard InChI is InChI=1S/C39H56N2O5.C26H17ClF9N3O3.C26H16ClF9N2O3.ClH/c1-7-12-19-44-36-22-28(23-37(45-20-13-8-2)39(36)46-21-14-9-3)26-41-27-30(11-5)29(10-4)24-35(41)38(42)32-17-18-40-34-16-15-31(43-6)25-33(32)34;27-15-8-13(7-14(9-15)25(31,32)33)23(26(34,35)36)10-20(39-42-23)18-5-6-19(17-4-2-1-3-16(17)18)22(41)37-11-21(40)38-12-24(28,29)30;27-15-8-13(7-14(9-15)25(31,32)33)20(26(34,35)36)10-21(39)18-5-6-19(17-4-2-1-3-16(17)18)23(41)37-11-22(40)38-12-24(28,29)30;/h11,15-18,22-23,25,29-30,35,38,42H,5,7-10,12-14,19-21,24,26-27H2,1-4,6H3;1-9H,10-12H2,(H,37,41)(H,38,40);1-10H,11-12H2,(H,37,41)(H,38,40);1H/b;;20-10+;/t29?,30?,35-,38+;23-;;/m00../s1. The van der Waals surface area contributed by atoms with E-state index in [4.69, 9.17) is 47.0 Å². The van der Waals surface area contributed by atoms with Crippen LogP contribution in [-0.4, -0.2) is 136 Å². The van der Waals surface area contributed by atoms with Crippen LogP contribution in [0.1, 0.15) is 162 Å². The number of nitrogens with one attached hydrogen (secondary N) is 5. The molecule has 6 N–H and O–H groups in total. The van der Waals surface area contributed by atoms with E-state index in [-0.39, 0.29) is 86.2 Å². The highest BCUT2D eigenvalue weighted by molar-refractivity contribution is 6.31. The molecule has 3 heterocycles. The van der Waals surface area contributed by atoms with Gasteiger partial charge >= 0.3 is 37.1 Å². The molecule has 2 aliphatic heterocycles. The normalized spacial score (nSPS) is 16.9. The van der Waals surface area contributed by atoms with Crippen molar-refractivity contribution in [1.29, 1.82) is 0 Å². The summed E-state index contributed by atoms with van der Waals surface area (Å²) in [7, 11) is 1.67. The molecule has 0 bridgehead atoms. The smallest absolute Gasteiger partial charge is 0.435 e. The molecule has 9 aromatic rings. The first kappa shape index (κ1) is 104. The third-order valence-electron chi connectivity index (χ3n) is 21.2. The zero-order valence-corrected chi connectivity index (χ0v) is 72.5. The highest BCUT2D eigenvalue weighted by atomic mass is 35.5. The zero-order chi connectivity index (χ0) is 94.7. The van der Waals surface area contributed by atoms with E-state index in [9.17, 15) is 108 Å². The first-order chi connectivity index (χ1) is 60.7. The summed E-state index contributed by atoms with van der Waals surface area (Å²) in [5.74, 6) is -1.53. The number of nitrogens with zero attached hydrogens (tertiary/aromatic N) is 2. The van der Waals surface area contributed by atoms with Crippen molar-refractivity contribution in [1.82, 2.24) is 26.3 Å². The van der Waals surface area contributed by atoms with Crippen molar-refractivity contribution >= 4 is 96.3 Å². The number of pyridine rings is 1. The van der Waals surface area contributed by atoms with E-state index < -0.39 is 149 Å². The number of fused-ring (bicyclic) bond motifs is 3. The summed E-state index contributed by atoms with van der Waals surface area (Å²) in [6, 6.07) is 30.6. The Kier molecular flexibility index (Phi) is 36.2. The van der Waals surface area contributed by atoms with Gasteiger partial charge in [-0.05, 0) is 155 Å². The Hall–Kier alpha value is -11.1. The van der Waals surface area contributed by atoms with E-state index in [1.54, 1.807) is 23.9 Å². The number of hydrogen-bond acceptors (Lipinski definition) is 13. The Labute approximate surface area is 750 Å². The van der Waals surface area contributed by atoms with Crippen molar-refractivity contribution in [2.75, 3.05) is 59.7 Å². The number of halogens is 21. The van der Waals surface area contributed by atoms with Crippen LogP contribution in [-0.2, 0) is 38.9 Å². The predicted octanol–water partition coefficient (Wildman–Crippen LogP) is 17.8. The van der Waals surface area contributed by atoms with Crippen molar-refractivity contribution in [3.05, 3.63) is 236 Å². The van der Waals surface area contributed by atoms with Crippen molar-refractivity contribution in [3.8, 4) is 23.0 Å². The number of allylic oxidation sites excluding steroid dienone is 2. The number of hydrogen-bond donors (Lipinski definition) is 6. The molecule has 2 aliphatic rings. The van der Waals surface area contributed by atoms with E-state index >= 15 is 0 Å². The number of methoxy groups -OCH3 is 1. The average molecular weight is 1910 g/mol. The number of ether oxygens (including phenoxy) is 4. The molecule has 39 heteroatoms. The van der Waals surface area contributed by atoms with Gasteiger partial charge in [-0.2, -0.15) is 79.0 Å². The number of benzene rings is 8. The summed E-state index contributed by atoms with van der Waals surface area (Å²) < 4.78 is 263. The molecule has 0 aliphatic carbocycles. The minimum atomic E-state index is -5.27. The number of amides is 4. The maximum Gasteiger partial charge on any atom is 0.435 e. The van der Waals surface area contributed by atoms with Gasteiger partial charge in [0.1, 0.15) is 37.5 Å². The molecule has 1 fully saturated rings. The lowest BCUT2D eigenvalue weighted by molar-refractivity contribution is -0.952. The minimum Gasteiger partial charge on any atom is -1.00 e. The summed E-state index contributed by atoms with van der Waals surface area (Å²) in [6.45, 7) is 11.6. The van der Waals surface area contributed by atoms with Gasteiger partial charge in [0.25, 0.3) is 17.4 Å². The summed E-state index contributed by atoms with van der Waals surface area (Å²) in [6.07, 6.45) is -19.5. The number of carbonyl (C=O) groups is 5. The number of carbonyl (C=O) groups excluding carboxylic acids is 5. The number of likely N-dealkylation sites (tertiary alicyclic amines) is 1. The van der Waals surface area contributed by atoms with Crippen molar-refractivity contribution in [3.63, 3.8) is 0 Å². The van der Waals surface area contributed by atoms with Gasteiger partial charge in [-0.1, -0.05) is 142 Å². The van der Waals surface area contributed by atoms with Crippen LogP contribution in [0.4, 0.5) is 79.0 Å². The largest absolute Gasteiger partial charge is 1.00 e. The number of unbranched alkanes of at least 4 members (excludes halogenated alkanes) is 3. The van der Waals surface area contributed by atoms with E-state index in [0.29, 0.717) is 61.7 Å². The Bertz CT molecular complexity index is 5520. The molecule has 702 valence electrons. The lowest BCUT2D eigenvalue weighted by Crippen LogP contribution is -3.17. The number of aliphatic hydroxyl groups excluding tert-OH is 1. The number of ketones is 1. The summed E-state index contributed by atoms with van der Waals surface area (Å²) >= 11 is 11.4. The highest BCUT2D eigenvalue weighted by Crippen LogP contribution is 2.52. The number of aromatic nitrogens is 1. The maximum absolute atomic E-state index is 14.4. The van der Waals surface area contributed by atoms with Gasteiger partial charge in [-0.15, -0.1) is 6.58 Å². The molecule has 0 spiro atoms. The monoisotopic (exact) mass is 1900 g/mol. The van der Waals surface area contributed by atoms with Gasteiger partial charge in [0.15, 0.2) is 17.3 Å². The molecular formula is C91H90Cl3F18N7O11. The highest BCUT2D eigenvalue weighted by Gasteiger charge is 2.63. The van der Waals surface area contributed by atoms with Gasteiger partial charge in [-0.3, -0.25) is 29.0 Å². The molecule has 6 atom stereocenters. The van der Waals surface area contributed by atoms with Gasteiger partial charge in [-0.25, -0.2) is 0 Å². The molecule has 1 aromatic heterocycles. The van der Waals surface area contributed by atoms with E-state index in [0.717, 1.165) is 116 Å². The molecule has 8 aromatic carbocycles. The van der Waals surface area contributed by atoms with Crippen LogP contribution in [0, 0.1) is 11.8 Å². The first-order valence-corrected chi connectivity index (χ1v) is 41.3. The fourth-order valence-electron chi connectivity index (χ4n) is 14.6. The lowest BCUT2D eigenvalue weighted by Gasteiger charge is -2.42. The number of rotatable bonds is 32. The lowest BCUT2D eigenvalue weighted by atomic mass is 9.77. The van der Waals surface area contributed by atoms with Crippen molar-refractivity contribution < 1.29 is 149 Å². The van der Waals surface area contributed by atoms with Gasteiger partial charge in [0, 0.05) is 73.8 Å². The average Bonchev–Trinajstić information content (AvgIpc) is 1.57. The first-order valence-electron chi connectivity index (χ1n) is 40.6. The number of oxime groups is 1. The van der Waals surface area contributed by atoms with E-state index in [2.05, 4.69) is 73.3 Å². The fraction of sp³-hybridized carbons (Fsp3) is 0.374. The molecule has 1 saturated heterocycles. The molecule has 18 nitrogen and oxygen atoms in total. The van der Waals surface area contributed by atoms with Crippen molar-refractivity contribution in [2.24, 2.45) is 17.0 Å². The van der Waals surface area contributed by atoms with Crippen LogP contribution in [0.2, 0.25) is 10.0 Å². The summed E-state index contributed by atoms with van der Waals surface area (Å²) in [4.78, 5) is 72.4. The zero-order valence-electron chi connectivity index (χ0n) is 70.2. The number of aliphatic hydroxyl groups is 1. The molecule has 4 amide bonds. The minimum absolute atomic E-state index is 0. The molecule has 11 rings (SSSR count). The second kappa shape index (κ2) is 45.2. The fourth-order valence-corrected chi connectivity index (χ4v) is 15.1. The summed E-state index contributed by atoms with van der Waals surface area (Å²) in [5.41, 5.74) is -7.76. The second-order valence-electron chi connectivity index (χ2n) is 30.3. The number of quaternary nitrogens is 1. The Morgan fingerprint density at radius 1 is 0.608 bits per heavy atom. The van der Waals surface area contributed by atoms with E-state index in [1.165, 1.54) is 65.6 Å². The quantitative estimate of drug-likeness (QED) is 0.00761. The second-order valence-corrected chi connectivity index (χ2v) is 31.1. The van der Waals surface area contributed by atoms with E-state index in [1.807, 2.05) is 24.3 Å². The van der Waals surface area contributed by atoms with Crippen LogP contribution in [0.5, 0.6) is 23.0 Å². The topological polar surface area (TPSA) is 230 Å². The number of alkyl halides is 18. The van der Waals surface area contributed by atoms with Crippen LogP contribution >= 0.6 is 23.2 Å². The Morgan fingerprint density at radius 3 is 1.62 bits per heavy atom. The van der Waals surface area contributed by atoms with Crippen LogP contribution < -0.4 is 57.5 Å². The van der Waals surface area contributed by atoms with Gasteiger partial charge < -0.3 is 67.5 Å². The molecule has 130 heavy (non-hydrogen) atoms. The van der Waals surface area contributed by atoms with Crippen LogP contribution in [0.15, 0.2) is 176 Å². The van der Waals surface area contributed by atoms with Gasteiger partial charge in [0.05, 0.1) is 74.5 Å². The molecule has 0 saturated carbocycles. The summed E-state index contributed by atoms with van der Waals surface area (Å²) in [5, 5.41) is 23.3. The maximum atomic E-state index is 14.4. The number of piperidine rings is 1. The third-order valence-corrected chi connectivity index (χ3v) is 21.6. The van der Waals surface area contributed by atoms with Crippen LogP contribution in [0.3, 0.4) is 0 Å². The Morgan fingerprint density at radius 2 is 1.12 bits per heavy atom. The SMILES string of the molecule is C=CC1C[NH+](Cc2cc(OCCCC)c(OCCCC)c(OCCCC)c2)[C@H]([C@H](O)c2ccnc3ccc(OC)cc23)CC1CC.O=C(CNC(=O)c1ccc(C(=O)/C=C(\c2cc(Cl)cc(C(F)(F)F)c2)C(F)(F)F)c2ccccc12)NCC(F)(F)F.O=C(CNC(=O)c1ccc(C2=NO[C@@](c3cc(Cl)cc(C(F)(F)F)c3)(C(F)(F)F)C2)c2ccccc12)NCC(F)(F)F.[Cl-]. The van der Waals surface area contributed by atoms with Crippen LogP contribution in [0.25, 0.3) is 38.0 Å².